The van der Waals surface area contributed by atoms with Crippen molar-refractivity contribution in [2.45, 2.75) is 71.1 Å². The van der Waals surface area contributed by atoms with Gasteiger partial charge in [0.15, 0.2) is 0 Å². The molecular weight excluding hydrogens is 348 g/mol. The minimum absolute atomic E-state index is 0.0971. The van der Waals surface area contributed by atoms with E-state index in [2.05, 4.69) is 49.4 Å². The highest BCUT2D eigenvalue weighted by Gasteiger charge is 2.31. The molecule has 1 aromatic rings. The maximum Gasteiger partial charge on any atom is 0.303 e. The molecule has 0 aromatic heterocycles. The monoisotopic (exact) mass is 382 g/mol. The van der Waals surface area contributed by atoms with Crippen LogP contribution in [0, 0.1) is 11.8 Å². The first-order valence-electron chi connectivity index (χ1n) is 10.7. The summed E-state index contributed by atoms with van der Waals surface area (Å²) in [6.45, 7) is 2.21. The van der Waals surface area contributed by atoms with Crippen LogP contribution < -0.4 is 0 Å². The van der Waals surface area contributed by atoms with E-state index in [1.54, 1.807) is 0 Å². The van der Waals surface area contributed by atoms with E-state index in [0.717, 1.165) is 38.5 Å². The number of carbonyl (C=O) groups is 2. The van der Waals surface area contributed by atoms with Crippen LogP contribution in [0.2, 0.25) is 0 Å². The maximum atomic E-state index is 12.2. The van der Waals surface area contributed by atoms with Gasteiger partial charge in [0.25, 0.3) is 0 Å². The molecule has 0 heterocycles. The van der Waals surface area contributed by atoms with Gasteiger partial charge in [-0.15, -0.1) is 0 Å². The van der Waals surface area contributed by atoms with Crippen LogP contribution in [0.1, 0.15) is 69.4 Å². The summed E-state index contributed by atoms with van der Waals surface area (Å²) < 4.78 is 0. The third kappa shape index (κ3) is 7.84. The van der Waals surface area contributed by atoms with Crippen LogP contribution in [0.25, 0.3) is 0 Å². The van der Waals surface area contributed by atoms with E-state index in [1.807, 2.05) is 6.08 Å². The van der Waals surface area contributed by atoms with Crippen molar-refractivity contribution in [2.24, 2.45) is 11.8 Å². The Hall–Kier alpha value is -2.16. The minimum atomic E-state index is -0.748. The number of carboxylic acids is 1. The Labute approximate surface area is 169 Å². The summed E-state index contributed by atoms with van der Waals surface area (Å²) in [7, 11) is 0. The lowest BCUT2D eigenvalue weighted by molar-refractivity contribution is -0.137. The van der Waals surface area contributed by atoms with Gasteiger partial charge in [0, 0.05) is 18.8 Å². The Kier molecular flexibility index (Phi) is 9.74. The molecular formula is C25H34O3. The van der Waals surface area contributed by atoms with Crippen molar-refractivity contribution in [2.75, 3.05) is 0 Å². The van der Waals surface area contributed by atoms with Crippen molar-refractivity contribution in [3.8, 4) is 0 Å². The molecule has 3 heteroatoms. The summed E-state index contributed by atoms with van der Waals surface area (Å²) in [5, 5.41) is 8.65. The number of hydrogen-bond acceptors (Lipinski definition) is 2. The number of rotatable bonds is 12. The van der Waals surface area contributed by atoms with Crippen LogP contribution in [0.5, 0.6) is 0 Å². The molecule has 0 bridgehead atoms. The summed E-state index contributed by atoms with van der Waals surface area (Å²) in [5.41, 5.74) is 2.81. The van der Waals surface area contributed by atoms with Crippen LogP contribution in [0.4, 0.5) is 0 Å². The summed E-state index contributed by atoms with van der Waals surface area (Å²) in [6.07, 6.45) is 17.0. The summed E-state index contributed by atoms with van der Waals surface area (Å²) >= 11 is 0. The SMILES string of the molecule is CCCc1cccc(CC/C=C/C2CCC(=O)[C@@H]2C/C=C\CCCC(=O)O)c1. The molecule has 2 atom stereocenters. The number of aryl methyl sites for hydroxylation is 2. The average molecular weight is 383 g/mol. The summed E-state index contributed by atoms with van der Waals surface area (Å²) in [4.78, 5) is 22.7. The van der Waals surface area contributed by atoms with E-state index in [9.17, 15) is 9.59 Å². The molecule has 1 N–H and O–H groups in total. The van der Waals surface area contributed by atoms with Crippen LogP contribution in [-0.2, 0) is 22.4 Å². The van der Waals surface area contributed by atoms with Gasteiger partial charge in [-0.05, 0) is 62.0 Å². The largest absolute Gasteiger partial charge is 0.481 e. The van der Waals surface area contributed by atoms with E-state index in [1.165, 1.54) is 17.5 Å². The number of benzene rings is 1. The fourth-order valence-corrected chi connectivity index (χ4v) is 3.95. The van der Waals surface area contributed by atoms with Crippen molar-refractivity contribution in [3.05, 3.63) is 59.7 Å². The lowest BCUT2D eigenvalue weighted by Gasteiger charge is -2.12. The third-order valence-corrected chi connectivity index (χ3v) is 5.49. The number of carboxylic acid groups (broad SMARTS) is 1. The lowest BCUT2D eigenvalue weighted by Crippen LogP contribution is -2.12. The first-order valence-corrected chi connectivity index (χ1v) is 10.7. The van der Waals surface area contributed by atoms with Gasteiger partial charge < -0.3 is 5.11 Å². The summed E-state index contributed by atoms with van der Waals surface area (Å²) in [6, 6.07) is 8.86. The second kappa shape index (κ2) is 12.3. The number of aliphatic carboxylic acids is 1. The van der Waals surface area contributed by atoms with Crippen LogP contribution in [-0.4, -0.2) is 16.9 Å². The Balaban J connectivity index is 1.76. The predicted molar refractivity (Wildman–Crippen MR) is 114 cm³/mol. The Morgan fingerprint density at radius 3 is 2.68 bits per heavy atom. The standard InChI is InChI=1S/C25H34O3/c1-2-10-20-12-9-13-21(19-20)11-7-8-14-22-17-18-24(26)23(22)15-5-3-4-6-16-25(27)28/h3,5,8-9,12-14,19,22-23H,2,4,6-7,10-11,15-18H2,1H3,(H,27,28)/b5-3-,14-8+/t22?,23-/m1/s1. The Morgan fingerprint density at radius 1 is 1.14 bits per heavy atom. The zero-order valence-electron chi connectivity index (χ0n) is 17.1. The quantitative estimate of drug-likeness (QED) is 0.360. The van der Waals surface area contributed by atoms with Gasteiger partial charge in [-0.3, -0.25) is 9.59 Å². The normalized spacial score (nSPS) is 19.8. The maximum absolute atomic E-state index is 12.2. The zero-order valence-corrected chi connectivity index (χ0v) is 17.1. The van der Waals surface area contributed by atoms with E-state index in [4.69, 9.17) is 5.11 Å². The third-order valence-electron chi connectivity index (χ3n) is 5.49. The number of carbonyl (C=O) groups excluding carboxylic acids is 1. The second-order valence-corrected chi connectivity index (χ2v) is 7.81. The Bertz CT molecular complexity index is 687. The van der Waals surface area contributed by atoms with Gasteiger partial charge in [-0.2, -0.15) is 0 Å². The molecule has 1 unspecified atom stereocenters. The van der Waals surface area contributed by atoms with Gasteiger partial charge in [0.05, 0.1) is 0 Å². The van der Waals surface area contributed by atoms with Crippen molar-refractivity contribution in [1.82, 2.24) is 0 Å². The summed E-state index contributed by atoms with van der Waals surface area (Å²) in [5.74, 6) is 0.0706. The molecule has 1 saturated carbocycles. The molecule has 28 heavy (non-hydrogen) atoms. The van der Waals surface area contributed by atoms with Crippen molar-refractivity contribution in [1.29, 1.82) is 0 Å². The smallest absolute Gasteiger partial charge is 0.303 e. The highest BCUT2D eigenvalue weighted by Crippen LogP contribution is 2.33. The fourth-order valence-electron chi connectivity index (χ4n) is 3.95. The number of allylic oxidation sites excluding steroid dienone is 4. The number of unbranched alkanes of at least 4 members (excludes halogenated alkanes) is 1. The lowest BCUT2D eigenvalue weighted by atomic mass is 9.91. The number of Topliss-reactive ketones (excluding diaryl/α,β-unsaturated/α-hetero) is 1. The van der Waals surface area contributed by atoms with Crippen molar-refractivity contribution >= 4 is 11.8 Å². The van der Waals surface area contributed by atoms with Gasteiger partial charge in [0.2, 0.25) is 0 Å². The van der Waals surface area contributed by atoms with Gasteiger partial charge in [0.1, 0.15) is 5.78 Å². The molecule has 0 spiro atoms. The highest BCUT2D eigenvalue weighted by molar-refractivity contribution is 5.83. The van der Waals surface area contributed by atoms with Crippen molar-refractivity contribution in [3.63, 3.8) is 0 Å². The fraction of sp³-hybridized carbons (Fsp3) is 0.520. The van der Waals surface area contributed by atoms with E-state index < -0.39 is 5.97 Å². The van der Waals surface area contributed by atoms with E-state index in [0.29, 0.717) is 24.5 Å². The minimum Gasteiger partial charge on any atom is -0.481 e. The van der Waals surface area contributed by atoms with Gasteiger partial charge in [-0.25, -0.2) is 0 Å². The van der Waals surface area contributed by atoms with Gasteiger partial charge in [-0.1, -0.05) is 61.9 Å². The van der Waals surface area contributed by atoms with Crippen LogP contribution >= 0.6 is 0 Å². The number of ketones is 1. The van der Waals surface area contributed by atoms with E-state index in [-0.39, 0.29) is 12.3 Å². The van der Waals surface area contributed by atoms with E-state index >= 15 is 0 Å². The van der Waals surface area contributed by atoms with Crippen molar-refractivity contribution < 1.29 is 14.7 Å². The molecule has 152 valence electrons. The first-order chi connectivity index (χ1) is 13.6. The van der Waals surface area contributed by atoms with Crippen LogP contribution in [0.3, 0.4) is 0 Å². The molecule has 0 saturated heterocycles. The number of hydrogen-bond donors (Lipinski definition) is 1. The molecule has 1 fully saturated rings. The molecule has 0 aliphatic heterocycles. The topological polar surface area (TPSA) is 54.4 Å². The molecule has 2 rings (SSSR count). The second-order valence-electron chi connectivity index (χ2n) is 7.81. The average Bonchev–Trinajstić information content (AvgIpc) is 3.02. The van der Waals surface area contributed by atoms with Gasteiger partial charge >= 0.3 is 5.97 Å². The molecule has 0 amide bonds. The van der Waals surface area contributed by atoms with Crippen LogP contribution in [0.15, 0.2) is 48.6 Å². The predicted octanol–water partition coefficient (Wildman–Crippen LogP) is 5.92. The zero-order chi connectivity index (χ0) is 20.2. The molecule has 1 aliphatic rings. The Morgan fingerprint density at radius 2 is 1.93 bits per heavy atom. The molecule has 1 aromatic carbocycles. The molecule has 3 nitrogen and oxygen atoms in total. The highest BCUT2D eigenvalue weighted by atomic mass is 16.4. The molecule has 1 aliphatic carbocycles. The first kappa shape index (κ1) is 22.1. The molecule has 0 radical (unpaired) electrons.